The lowest BCUT2D eigenvalue weighted by atomic mass is 9.99. The summed E-state index contributed by atoms with van der Waals surface area (Å²) in [5.74, 6) is 1.83. The molecule has 2 aromatic carbocycles. The predicted molar refractivity (Wildman–Crippen MR) is 92.4 cm³/mol. The number of aliphatic imine (C=N–C) groups is 2. The van der Waals surface area contributed by atoms with Crippen LogP contribution in [0.2, 0.25) is 0 Å². The van der Waals surface area contributed by atoms with Crippen molar-refractivity contribution in [2.24, 2.45) is 15.7 Å². The number of ether oxygens (including phenoxy) is 2. The fourth-order valence-corrected chi connectivity index (χ4v) is 2.57. The summed E-state index contributed by atoms with van der Waals surface area (Å²) in [5.41, 5.74) is 9.52. The van der Waals surface area contributed by atoms with E-state index in [1.807, 2.05) is 42.5 Å². The Balaban J connectivity index is 2.23. The molecule has 23 heavy (non-hydrogen) atoms. The lowest BCUT2D eigenvalue weighted by Crippen LogP contribution is -2.16. The zero-order valence-corrected chi connectivity index (χ0v) is 13.2. The Morgan fingerprint density at radius 1 is 1.00 bits per heavy atom. The monoisotopic (exact) mass is 309 g/mol. The van der Waals surface area contributed by atoms with Gasteiger partial charge in [0.2, 0.25) is 0 Å². The van der Waals surface area contributed by atoms with E-state index in [9.17, 15) is 0 Å². The zero-order valence-electron chi connectivity index (χ0n) is 13.2. The van der Waals surface area contributed by atoms with Gasteiger partial charge in [-0.3, -0.25) is 4.99 Å². The van der Waals surface area contributed by atoms with Gasteiger partial charge in [0, 0.05) is 30.2 Å². The van der Waals surface area contributed by atoms with Crippen molar-refractivity contribution in [1.29, 1.82) is 0 Å². The molecule has 0 spiro atoms. The van der Waals surface area contributed by atoms with Crippen molar-refractivity contribution in [2.45, 2.75) is 6.42 Å². The van der Waals surface area contributed by atoms with Gasteiger partial charge in [-0.25, -0.2) is 4.99 Å². The van der Waals surface area contributed by atoms with Crippen molar-refractivity contribution in [1.82, 2.24) is 0 Å². The number of methoxy groups -OCH3 is 2. The van der Waals surface area contributed by atoms with Crippen molar-refractivity contribution >= 4 is 17.2 Å². The SMILES string of the molecule is COc1cc2c(cc1OC)C(c1ccccc1)=NCCC(N)=N2. The molecule has 0 bridgehead atoms. The summed E-state index contributed by atoms with van der Waals surface area (Å²) in [6.07, 6.45) is 0.629. The minimum Gasteiger partial charge on any atom is -0.493 e. The van der Waals surface area contributed by atoms with Crippen LogP contribution in [0.5, 0.6) is 11.5 Å². The third-order valence-electron chi connectivity index (χ3n) is 3.71. The molecule has 2 N–H and O–H groups in total. The van der Waals surface area contributed by atoms with E-state index >= 15 is 0 Å². The summed E-state index contributed by atoms with van der Waals surface area (Å²) < 4.78 is 10.8. The first-order chi connectivity index (χ1) is 11.2. The van der Waals surface area contributed by atoms with E-state index in [0.29, 0.717) is 30.3 Å². The molecule has 0 fully saturated rings. The van der Waals surface area contributed by atoms with Gasteiger partial charge in [-0.2, -0.15) is 0 Å². The number of benzene rings is 2. The van der Waals surface area contributed by atoms with Gasteiger partial charge in [-0.15, -0.1) is 0 Å². The molecule has 1 heterocycles. The number of amidine groups is 1. The van der Waals surface area contributed by atoms with Gasteiger partial charge in [0.25, 0.3) is 0 Å². The number of nitrogens with zero attached hydrogens (tertiary/aromatic N) is 2. The van der Waals surface area contributed by atoms with Gasteiger partial charge >= 0.3 is 0 Å². The predicted octanol–water partition coefficient (Wildman–Crippen LogP) is 2.93. The highest BCUT2D eigenvalue weighted by Gasteiger charge is 2.18. The Hall–Kier alpha value is -2.82. The number of fused-ring (bicyclic) bond motifs is 1. The molecule has 1 aliphatic rings. The van der Waals surface area contributed by atoms with Crippen LogP contribution in [-0.4, -0.2) is 32.3 Å². The molecule has 0 aliphatic carbocycles. The van der Waals surface area contributed by atoms with Crippen molar-refractivity contribution in [2.75, 3.05) is 20.8 Å². The average Bonchev–Trinajstić information content (AvgIpc) is 2.58. The summed E-state index contributed by atoms with van der Waals surface area (Å²) in [5, 5.41) is 0. The summed E-state index contributed by atoms with van der Waals surface area (Å²) in [4.78, 5) is 9.27. The van der Waals surface area contributed by atoms with Gasteiger partial charge in [0.15, 0.2) is 11.5 Å². The van der Waals surface area contributed by atoms with Gasteiger partial charge in [-0.1, -0.05) is 30.3 Å². The third-order valence-corrected chi connectivity index (χ3v) is 3.71. The fraction of sp³-hybridized carbons (Fsp3) is 0.222. The van der Waals surface area contributed by atoms with Crippen LogP contribution < -0.4 is 15.2 Å². The van der Waals surface area contributed by atoms with E-state index < -0.39 is 0 Å². The molecule has 0 atom stereocenters. The molecule has 0 saturated heterocycles. The Bertz CT molecular complexity index is 767. The fourth-order valence-electron chi connectivity index (χ4n) is 2.57. The smallest absolute Gasteiger partial charge is 0.162 e. The van der Waals surface area contributed by atoms with Gasteiger partial charge in [-0.05, 0) is 6.07 Å². The molecule has 0 aromatic heterocycles. The topological polar surface area (TPSA) is 69.2 Å². The van der Waals surface area contributed by atoms with E-state index in [4.69, 9.17) is 20.2 Å². The van der Waals surface area contributed by atoms with Crippen LogP contribution >= 0.6 is 0 Å². The average molecular weight is 309 g/mol. The lowest BCUT2D eigenvalue weighted by Gasteiger charge is -2.17. The second-order valence-corrected chi connectivity index (χ2v) is 5.17. The first kappa shape index (κ1) is 15.1. The second-order valence-electron chi connectivity index (χ2n) is 5.17. The third kappa shape index (κ3) is 3.04. The number of hydrogen-bond donors (Lipinski definition) is 1. The maximum Gasteiger partial charge on any atom is 0.162 e. The minimum absolute atomic E-state index is 0.564. The van der Waals surface area contributed by atoms with Gasteiger partial charge in [0.1, 0.15) is 5.84 Å². The van der Waals surface area contributed by atoms with Crippen LogP contribution in [0.4, 0.5) is 5.69 Å². The van der Waals surface area contributed by atoms with Crippen molar-refractivity contribution < 1.29 is 9.47 Å². The first-order valence-corrected chi connectivity index (χ1v) is 7.42. The van der Waals surface area contributed by atoms with Gasteiger partial charge < -0.3 is 15.2 Å². The van der Waals surface area contributed by atoms with Crippen LogP contribution in [0.3, 0.4) is 0 Å². The molecule has 0 unspecified atom stereocenters. The zero-order chi connectivity index (χ0) is 16.2. The van der Waals surface area contributed by atoms with Crippen LogP contribution in [-0.2, 0) is 0 Å². The van der Waals surface area contributed by atoms with Crippen LogP contribution in [0.25, 0.3) is 0 Å². The molecular weight excluding hydrogens is 290 g/mol. The van der Waals surface area contributed by atoms with E-state index in [1.54, 1.807) is 14.2 Å². The lowest BCUT2D eigenvalue weighted by molar-refractivity contribution is 0.355. The van der Waals surface area contributed by atoms with E-state index in [0.717, 1.165) is 22.5 Å². The molecule has 5 heteroatoms. The molecule has 1 aliphatic heterocycles. The van der Waals surface area contributed by atoms with E-state index in [-0.39, 0.29) is 0 Å². The molecule has 118 valence electrons. The molecule has 0 saturated carbocycles. The van der Waals surface area contributed by atoms with Crippen LogP contribution in [0.15, 0.2) is 52.4 Å². The van der Waals surface area contributed by atoms with E-state index in [2.05, 4.69) is 4.99 Å². The largest absolute Gasteiger partial charge is 0.493 e. The van der Waals surface area contributed by atoms with Crippen molar-refractivity contribution in [3.05, 3.63) is 53.6 Å². The highest BCUT2D eigenvalue weighted by atomic mass is 16.5. The highest BCUT2D eigenvalue weighted by molar-refractivity contribution is 6.16. The van der Waals surface area contributed by atoms with Crippen LogP contribution in [0.1, 0.15) is 17.5 Å². The standard InChI is InChI=1S/C18H19N3O2/c1-22-15-10-13-14(11-16(15)23-2)21-17(19)8-9-20-18(13)12-6-4-3-5-7-12/h3-7,10-11H,8-9H2,1-2H3,(H2,19,21). The summed E-state index contributed by atoms with van der Waals surface area (Å²) >= 11 is 0. The number of rotatable bonds is 3. The highest BCUT2D eigenvalue weighted by Crippen LogP contribution is 2.36. The Morgan fingerprint density at radius 3 is 2.39 bits per heavy atom. The Labute approximate surface area is 135 Å². The number of hydrogen-bond acceptors (Lipinski definition) is 5. The molecule has 0 radical (unpaired) electrons. The van der Waals surface area contributed by atoms with E-state index in [1.165, 1.54) is 0 Å². The van der Waals surface area contributed by atoms with Crippen molar-refractivity contribution in [3.8, 4) is 11.5 Å². The quantitative estimate of drug-likeness (QED) is 0.947. The molecular formula is C18H19N3O2. The maximum absolute atomic E-state index is 5.97. The first-order valence-electron chi connectivity index (χ1n) is 7.42. The Morgan fingerprint density at radius 2 is 1.70 bits per heavy atom. The number of nitrogens with two attached hydrogens (primary N) is 1. The maximum atomic E-state index is 5.97. The van der Waals surface area contributed by atoms with Crippen molar-refractivity contribution in [3.63, 3.8) is 0 Å². The van der Waals surface area contributed by atoms with Gasteiger partial charge in [0.05, 0.1) is 25.6 Å². The molecule has 5 nitrogen and oxygen atoms in total. The summed E-state index contributed by atoms with van der Waals surface area (Å²) in [7, 11) is 3.22. The minimum atomic E-state index is 0.564. The summed E-state index contributed by atoms with van der Waals surface area (Å²) in [6.45, 7) is 0.605. The Kier molecular flexibility index (Phi) is 4.28. The normalized spacial score (nSPS) is 14.0. The second kappa shape index (κ2) is 6.52. The molecule has 3 rings (SSSR count). The molecule has 0 amide bonds. The van der Waals surface area contributed by atoms with Crippen LogP contribution in [0, 0.1) is 0 Å². The summed E-state index contributed by atoms with van der Waals surface area (Å²) in [6, 6.07) is 13.8. The molecule has 2 aromatic rings.